The van der Waals surface area contributed by atoms with Crippen LogP contribution in [-0.4, -0.2) is 77.6 Å². The molecule has 0 N–H and O–H groups in total. The number of rotatable bonds is 6. The van der Waals surface area contributed by atoms with Crippen LogP contribution in [0.25, 0.3) is 0 Å². The number of likely N-dealkylation sites (tertiary alicyclic amines) is 1. The van der Waals surface area contributed by atoms with Crippen molar-refractivity contribution in [1.29, 1.82) is 0 Å². The Bertz CT molecular complexity index is 1030. The number of ether oxygens (including phenoxy) is 2. The van der Waals surface area contributed by atoms with Crippen molar-refractivity contribution < 1.29 is 14.3 Å². The Morgan fingerprint density at radius 3 is 2.38 bits per heavy atom. The van der Waals surface area contributed by atoms with Crippen LogP contribution in [0.15, 0.2) is 58.4 Å². The normalized spacial score (nSPS) is 23.5. The van der Waals surface area contributed by atoms with Gasteiger partial charge in [-0.3, -0.25) is 9.80 Å². The molecule has 4 rings (SSSR count). The van der Waals surface area contributed by atoms with E-state index < -0.39 is 5.60 Å². The molecule has 2 atom stereocenters. The molecule has 7 nitrogen and oxygen atoms in total. The number of amidine groups is 1. The van der Waals surface area contributed by atoms with Crippen molar-refractivity contribution in [1.82, 2.24) is 14.7 Å². The lowest BCUT2D eigenvalue weighted by atomic mass is 9.98. The quantitative estimate of drug-likeness (QED) is 0.285. The Hall–Kier alpha value is -2.80. The molecule has 0 radical (unpaired) electrons. The molecule has 2 saturated heterocycles. The molecule has 7 heteroatoms. The van der Waals surface area contributed by atoms with Crippen molar-refractivity contribution >= 4 is 11.9 Å². The maximum absolute atomic E-state index is 13.0. The molecule has 1 aromatic rings. The van der Waals surface area contributed by atoms with Crippen LogP contribution in [0.5, 0.6) is 0 Å². The first-order valence-electron chi connectivity index (χ1n) is 13.7. The minimum absolute atomic E-state index is 0.138. The number of piperazine rings is 1. The SMILES string of the molecule is CC/C=C(/N=C(\C1=C(C)CN(Cc2ccccc2)CC1)N1CC2CCC(C1)N2C(=O)OC(C)(C)C)OC. The van der Waals surface area contributed by atoms with E-state index in [2.05, 4.69) is 54.0 Å². The van der Waals surface area contributed by atoms with E-state index in [4.69, 9.17) is 14.5 Å². The van der Waals surface area contributed by atoms with Crippen LogP contribution in [-0.2, 0) is 16.0 Å². The highest BCUT2D eigenvalue weighted by Crippen LogP contribution is 2.34. The zero-order valence-corrected chi connectivity index (χ0v) is 23.5. The Morgan fingerprint density at radius 2 is 1.81 bits per heavy atom. The summed E-state index contributed by atoms with van der Waals surface area (Å²) in [5.74, 6) is 1.67. The van der Waals surface area contributed by atoms with Gasteiger partial charge in [-0.15, -0.1) is 0 Å². The summed E-state index contributed by atoms with van der Waals surface area (Å²) in [6.45, 7) is 14.5. The molecular weight excluding hydrogens is 464 g/mol. The summed E-state index contributed by atoms with van der Waals surface area (Å²) in [4.78, 5) is 25.0. The molecule has 3 heterocycles. The average molecular weight is 509 g/mol. The molecule has 1 amide bonds. The predicted molar refractivity (Wildman–Crippen MR) is 148 cm³/mol. The molecule has 2 unspecified atom stereocenters. The van der Waals surface area contributed by atoms with Crippen molar-refractivity contribution in [3.8, 4) is 0 Å². The fraction of sp³-hybridized carbons (Fsp3) is 0.600. The van der Waals surface area contributed by atoms with Crippen molar-refractivity contribution in [2.24, 2.45) is 4.99 Å². The van der Waals surface area contributed by atoms with Crippen molar-refractivity contribution in [2.45, 2.75) is 84.5 Å². The van der Waals surface area contributed by atoms with Gasteiger partial charge in [-0.25, -0.2) is 4.79 Å². The molecular formula is C30H44N4O3. The molecule has 3 aliphatic heterocycles. The van der Waals surface area contributed by atoms with Gasteiger partial charge in [-0.2, -0.15) is 4.99 Å². The molecule has 37 heavy (non-hydrogen) atoms. The third-order valence-electron chi connectivity index (χ3n) is 7.36. The lowest BCUT2D eigenvalue weighted by Crippen LogP contribution is -2.58. The third-order valence-corrected chi connectivity index (χ3v) is 7.36. The summed E-state index contributed by atoms with van der Waals surface area (Å²) in [6, 6.07) is 11.0. The Kier molecular flexibility index (Phi) is 8.63. The van der Waals surface area contributed by atoms with Crippen LogP contribution >= 0.6 is 0 Å². The standard InChI is InChI=1S/C30H44N4O3/c1-7-11-27(36-6)31-28(26-16-17-32(18-22(26)2)19-23-12-9-8-10-13-23)33-20-24-14-15-25(21-33)34(24)29(35)37-30(3,4)5/h8-13,24-25H,7,14-21H2,1-6H3/b27-11-,31-28+. The predicted octanol–water partition coefficient (Wildman–Crippen LogP) is 5.59. The lowest BCUT2D eigenvalue weighted by molar-refractivity contribution is 0.00276. The van der Waals surface area contributed by atoms with Crippen molar-refractivity contribution in [3.05, 3.63) is 59.0 Å². The zero-order valence-electron chi connectivity index (χ0n) is 23.5. The van der Waals surface area contributed by atoms with Crippen LogP contribution in [0.1, 0.15) is 65.9 Å². The Balaban J connectivity index is 1.57. The third kappa shape index (κ3) is 6.75. The van der Waals surface area contributed by atoms with Crippen molar-refractivity contribution in [3.63, 3.8) is 0 Å². The van der Waals surface area contributed by atoms with Gasteiger partial charge in [0.05, 0.1) is 19.2 Å². The first kappa shape index (κ1) is 27.2. The second-order valence-corrected chi connectivity index (χ2v) is 11.5. The van der Waals surface area contributed by atoms with Gasteiger partial charge < -0.3 is 14.4 Å². The van der Waals surface area contributed by atoms with Crippen molar-refractivity contribution in [2.75, 3.05) is 33.3 Å². The number of carbonyl (C=O) groups excluding carboxylic acids is 1. The van der Waals surface area contributed by atoms with E-state index in [0.29, 0.717) is 5.88 Å². The molecule has 3 aliphatic rings. The maximum atomic E-state index is 13.0. The smallest absolute Gasteiger partial charge is 0.410 e. The highest BCUT2D eigenvalue weighted by atomic mass is 16.6. The monoisotopic (exact) mass is 508 g/mol. The van der Waals surface area contributed by atoms with Crippen LogP contribution in [0, 0.1) is 0 Å². The number of carbonyl (C=O) groups is 1. The number of fused-ring (bicyclic) bond motifs is 2. The van der Waals surface area contributed by atoms with Gasteiger partial charge in [0.15, 0.2) is 0 Å². The van der Waals surface area contributed by atoms with Gasteiger partial charge in [-0.1, -0.05) is 42.8 Å². The number of hydrogen-bond acceptors (Lipinski definition) is 5. The maximum Gasteiger partial charge on any atom is 0.410 e. The Labute approximate surface area is 222 Å². The first-order valence-corrected chi connectivity index (χ1v) is 13.7. The van der Waals surface area contributed by atoms with E-state index in [1.807, 2.05) is 31.7 Å². The summed E-state index contributed by atoms with van der Waals surface area (Å²) >= 11 is 0. The van der Waals surface area contributed by atoms with E-state index in [0.717, 1.165) is 64.2 Å². The molecule has 0 aromatic heterocycles. The van der Waals surface area contributed by atoms with Gasteiger partial charge in [0.1, 0.15) is 11.4 Å². The zero-order chi connectivity index (χ0) is 26.6. The highest BCUT2D eigenvalue weighted by Gasteiger charge is 2.45. The summed E-state index contributed by atoms with van der Waals surface area (Å²) < 4.78 is 11.4. The number of hydrogen-bond donors (Lipinski definition) is 0. The minimum Gasteiger partial charge on any atom is -0.481 e. The summed E-state index contributed by atoms with van der Waals surface area (Å²) in [5, 5.41) is 0. The first-order chi connectivity index (χ1) is 17.7. The van der Waals surface area contributed by atoms with Gasteiger partial charge in [-0.05, 0) is 70.6 Å². The van der Waals surface area contributed by atoms with E-state index in [9.17, 15) is 4.79 Å². The largest absolute Gasteiger partial charge is 0.481 e. The molecule has 202 valence electrons. The molecule has 0 aliphatic carbocycles. The van der Waals surface area contributed by atoms with Crippen LogP contribution in [0.4, 0.5) is 4.79 Å². The summed E-state index contributed by atoms with van der Waals surface area (Å²) in [5.41, 5.74) is 3.52. The van der Waals surface area contributed by atoms with E-state index in [1.165, 1.54) is 16.7 Å². The molecule has 2 fully saturated rings. The number of allylic oxidation sites excluding steroid dienone is 1. The van der Waals surface area contributed by atoms with E-state index in [-0.39, 0.29) is 18.2 Å². The van der Waals surface area contributed by atoms with E-state index >= 15 is 0 Å². The molecule has 0 spiro atoms. The summed E-state index contributed by atoms with van der Waals surface area (Å²) in [7, 11) is 1.69. The number of methoxy groups -OCH3 is 1. The number of aliphatic imine (C=N–C) groups is 1. The molecule has 0 saturated carbocycles. The number of benzene rings is 1. The second-order valence-electron chi connectivity index (χ2n) is 11.5. The number of amides is 1. The topological polar surface area (TPSA) is 57.6 Å². The van der Waals surface area contributed by atoms with Gasteiger partial charge in [0.25, 0.3) is 0 Å². The fourth-order valence-electron chi connectivity index (χ4n) is 5.74. The van der Waals surface area contributed by atoms with Crippen LogP contribution in [0.2, 0.25) is 0 Å². The minimum atomic E-state index is -0.492. The van der Waals surface area contributed by atoms with Gasteiger partial charge in [0, 0.05) is 32.7 Å². The number of nitrogens with zero attached hydrogens (tertiary/aromatic N) is 4. The van der Waals surface area contributed by atoms with Crippen LogP contribution < -0.4 is 0 Å². The molecule has 1 aromatic carbocycles. The fourth-order valence-corrected chi connectivity index (χ4v) is 5.74. The van der Waals surface area contributed by atoms with Gasteiger partial charge in [0.2, 0.25) is 5.88 Å². The lowest BCUT2D eigenvalue weighted by Gasteiger charge is -2.43. The summed E-state index contributed by atoms with van der Waals surface area (Å²) in [6.07, 6.45) is 5.65. The average Bonchev–Trinajstić information content (AvgIpc) is 3.12. The molecule has 2 bridgehead atoms. The van der Waals surface area contributed by atoms with E-state index in [1.54, 1.807) is 7.11 Å². The second kappa shape index (κ2) is 11.7. The highest BCUT2D eigenvalue weighted by molar-refractivity contribution is 6.00. The van der Waals surface area contributed by atoms with Crippen LogP contribution in [0.3, 0.4) is 0 Å². The Morgan fingerprint density at radius 1 is 1.14 bits per heavy atom. The van der Waals surface area contributed by atoms with Gasteiger partial charge >= 0.3 is 6.09 Å².